The number of carbonyl (C=O) groups excluding carboxylic acids is 5. The monoisotopic (exact) mass is 814 g/mol. The Morgan fingerprint density at radius 3 is 1.56 bits per heavy atom. The molecule has 21 nitrogen and oxygen atoms in total. The molecule has 0 radical (unpaired) electrons. The summed E-state index contributed by atoms with van der Waals surface area (Å²) in [5, 5.41) is 17.0. The number of hydrogen-bond donors (Lipinski definition) is 5. The number of amides is 5. The Morgan fingerprint density at radius 1 is 0.695 bits per heavy atom. The van der Waals surface area contributed by atoms with Gasteiger partial charge < -0.3 is 24.4 Å². The second-order valence-electron chi connectivity index (χ2n) is 13.2. The first-order valence-corrected chi connectivity index (χ1v) is 18.1. The van der Waals surface area contributed by atoms with Crippen molar-refractivity contribution in [2.75, 3.05) is 52.6 Å². The van der Waals surface area contributed by atoms with Crippen molar-refractivity contribution in [1.29, 1.82) is 0 Å². The summed E-state index contributed by atoms with van der Waals surface area (Å²) < 4.78 is 12.6. The Labute approximate surface area is 338 Å². The van der Waals surface area contributed by atoms with Crippen LogP contribution in [-0.4, -0.2) is 133 Å². The zero-order valence-corrected chi connectivity index (χ0v) is 33.0. The Balaban J connectivity index is 0.000000217. The number of carbonyl (C=O) groups is 6. The molecule has 59 heavy (non-hydrogen) atoms. The van der Waals surface area contributed by atoms with Crippen molar-refractivity contribution in [3.63, 3.8) is 0 Å². The van der Waals surface area contributed by atoms with Gasteiger partial charge in [0, 0.05) is 48.8 Å². The number of aromatic nitrogens is 6. The molecule has 4 aromatic rings. The van der Waals surface area contributed by atoms with Gasteiger partial charge in [-0.2, -0.15) is 0 Å². The highest BCUT2D eigenvalue weighted by Gasteiger charge is 2.21. The maximum atomic E-state index is 11.9. The lowest BCUT2D eigenvalue weighted by Crippen LogP contribution is -2.50. The number of hydrazine groups is 2. The average molecular weight is 815 g/mol. The molecule has 2 fully saturated rings. The molecule has 0 saturated carbocycles. The predicted octanol–water partition coefficient (Wildman–Crippen LogP) is -0.00882. The van der Waals surface area contributed by atoms with Crippen molar-refractivity contribution in [1.82, 2.24) is 55.6 Å². The van der Waals surface area contributed by atoms with Crippen molar-refractivity contribution >= 4 is 47.9 Å². The fraction of sp³-hybridized carbons (Fsp3) is 0.316. The SMILES string of the molecule is Cc1cc(C)cc(-c2ncn(/C=C\C(=O)NNC(=O)CN3CCOCC3=O)n2)c1.Cc1cc(C)cc(-c2ncn(/C=C\C(=O)O)n2)c1.NNC(=O)CN1CCOCC1=O. The first-order valence-electron chi connectivity index (χ1n) is 18.1. The molecule has 2 aromatic carbocycles. The maximum Gasteiger partial charge on any atom is 0.329 e. The van der Waals surface area contributed by atoms with Crippen molar-refractivity contribution in [2.24, 2.45) is 5.84 Å². The fourth-order valence-corrected chi connectivity index (χ4v) is 5.49. The van der Waals surface area contributed by atoms with Crippen LogP contribution in [0.25, 0.3) is 35.2 Å². The number of nitrogens with one attached hydrogen (secondary N) is 3. The molecule has 21 heteroatoms. The van der Waals surface area contributed by atoms with Gasteiger partial charge in [-0.3, -0.25) is 40.3 Å². The van der Waals surface area contributed by atoms with Gasteiger partial charge in [-0.25, -0.2) is 30.0 Å². The predicted molar refractivity (Wildman–Crippen MR) is 212 cm³/mol. The lowest BCUT2D eigenvalue weighted by atomic mass is 10.1. The molecule has 0 atom stereocenters. The van der Waals surface area contributed by atoms with E-state index in [1.54, 1.807) is 0 Å². The summed E-state index contributed by atoms with van der Waals surface area (Å²) >= 11 is 0. The maximum absolute atomic E-state index is 11.9. The topological polar surface area (TPSA) is 271 Å². The number of benzene rings is 2. The van der Waals surface area contributed by atoms with Crippen LogP contribution in [0.5, 0.6) is 0 Å². The minimum absolute atomic E-state index is 0.0126. The molecular formula is C38H46N12O9. The highest BCUT2D eigenvalue weighted by Crippen LogP contribution is 2.19. The molecule has 0 unspecified atom stereocenters. The summed E-state index contributed by atoms with van der Waals surface area (Å²) in [6, 6.07) is 12.1. The number of nitrogens with zero attached hydrogens (tertiary/aromatic N) is 8. The number of aliphatic carboxylic acids is 1. The van der Waals surface area contributed by atoms with Crippen molar-refractivity contribution in [3.8, 4) is 22.8 Å². The van der Waals surface area contributed by atoms with Gasteiger partial charge in [0.25, 0.3) is 17.7 Å². The summed E-state index contributed by atoms with van der Waals surface area (Å²) in [5.74, 6) is 3.12. The van der Waals surface area contributed by atoms with Crippen LogP contribution in [0.2, 0.25) is 0 Å². The van der Waals surface area contributed by atoms with Gasteiger partial charge >= 0.3 is 5.97 Å². The summed E-state index contributed by atoms with van der Waals surface area (Å²) in [5.41, 5.74) is 12.8. The fourth-order valence-electron chi connectivity index (χ4n) is 5.49. The first kappa shape index (κ1) is 44.6. The summed E-state index contributed by atoms with van der Waals surface area (Å²) in [7, 11) is 0. The molecule has 2 aliphatic heterocycles. The molecule has 2 saturated heterocycles. The van der Waals surface area contributed by atoms with Gasteiger partial charge in [0.15, 0.2) is 11.6 Å². The van der Waals surface area contributed by atoms with Crippen molar-refractivity contribution < 1.29 is 43.3 Å². The average Bonchev–Trinajstić information content (AvgIpc) is 3.88. The van der Waals surface area contributed by atoms with E-state index in [1.807, 2.05) is 57.4 Å². The van der Waals surface area contributed by atoms with Crippen LogP contribution in [0, 0.1) is 27.7 Å². The Hall–Kier alpha value is -7.10. The number of ether oxygens (including phenoxy) is 2. The highest BCUT2D eigenvalue weighted by molar-refractivity contribution is 5.92. The molecule has 6 N–H and O–H groups in total. The number of rotatable bonds is 10. The first-order chi connectivity index (χ1) is 28.2. The molecule has 0 bridgehead atoms. The third-order valence-electron chi connectivity index (χ3n) is 8.05. The molecule has 312 valence electrons. The standard InChI is InChI=1S/C19H22N6O4.C13H13N3O2.C6H11N3O3/c1-13-7-14(2)9-15(8-13)19-20-12-25(23-19)4-3-16(26)21-22-17(27)10-24-5-6-29-11-18(24)28;1-9-5-10(2)7-11(6-9)13-14-8-16(15-13)4-3-12(17)18;7-8-5(10)3-9-1-2-12-4-6(9)11/h3-4,7-9,12H,5-6,10-11H2,1-2H3,(H,21,26)(H,22,27);3-8H,1-2H3,(H,17,18);1-4,7H2,(H,8,10)/b2*4-3-;. The minimum Gasteiger partial charge on any atom is -0.478 e. The van der Waals surface area contributed by atoms with Crippen LogP contribution < -0.4 is 22.1 Å². The Kier molecular flexibility index (Phi) is 16.6. The van der Waals surface area contributed by atoms with Crippen LogP contribution in [-0.2, 0) is 38.2 Å². The van der Waals surface area contributed by atoms with Gasteiger partial charge in [-0.15, -0.1) is 10.2 Å². The molecular weight excluding hydrogens is 768 g/mol. The van der Waals surface area contributed by atoms with Crippen LogP contribution in [0.1, 0.15) is 22.3 Å². The smallest absolute Gasteiger partial charge is 0.329 e. The van der Waals surface area contributed by atoms with E-state index >= 15 is 0 Å². The number of carboxylic acids is 1. The molecule has 2 aliphatic rings. The van der Waals surface area contributed by atoms with Crippen LogP contribution >= 0.6 is 0 Å². The van der Waals surface area contributed by atoms with E-state index in [-0.39, 0.29) is 44.0 Å². The third-order valence-corrected chi connectivity index (χ3v) is 8.05. The second kappa shape index (κ2) is 22.0. The van der Waals surface area contributed by atoms with E-state index in [1.165, 1.54) is 50.3 Å². The van der Waals surface area contributed by atoms with Gasteiger partial charge in [0.05, 0.1) is 13.2 Å². The third kappa shape index (κ3) is 15.1. The summed E-state index contributed by atoms with van der Waals surface area (Å²) in [6.45, 7) is 9.56. The number of carboxylic acid groups (broad SMARTS) is 1. The molecule has 0 aliphatic carbocycles. The van der Waals surface area contributed by atoms with E-state index in [4.69, 9.17) is 20.4 Å². The normalized spacial score (nSPS) is 14.0. The molecule has 2 aromatic heterocycles. The highest BCUT2D eigenvalue weighted by atomic mass is 16.5. The van der Waals surface area contributed by atoms with Crippen molar-refractivity contribution in [3.05, 3.63) is 83.5 Å². The molecule has 6 rings (SSSR count). The van der Waals surface area contributed by atoms with E-state index in [0.29, 0.717) is 38.0 Å². The van der Waals surface area contributed by atoms with Gasteiger partial charge in [0.2, 0.25) is 11.8 Å². The molecule has 5 amide bonds. The lowest BCUT2D eigenvalue weighted by Gasteiger charge is -2.25. The quantitative estimate of drug-likeness (QED) is 0.0610. The minimum atomic E-state index is -1.02. The van der Waals surface area contributed by atoms with Crippen LogP contribution in [0.4, 0.5) is 0 Å². The van der Waals surface area contributed by atoms with E-state index in [9.17, 15) is 28.8 Å². The number of nitrogens with two attached hydrogens (primary N) is 1. The Morgan fingerprint density at radius 2 is 1.14 bits per heavy atom. The zero-order valence-electron chi connectivity index (χ0n) is 33.0. The van der Waals surface area contributed by atoms with E-state index in [2.05, 4.69) is 43.1 Å². The number of hydrogen-bond acceptors (Lipinski definition) is 13. The van der Waals surface area contributed by atoms with Crippen LogP contribution in [0.3, 0.4) is 0 Å². The largest absolute Gasteiger partial charge is 0.478 e. The van der Waals surface area contributed by atoms with Gasteiger partial charge in [0.1, 0.15) is 39.0 Å². The number of aryl methyl sites for hydroxylation is 4. The van der Waals surface area contributed by atoms with Gasteiger partial charge in [-0.05, 0) is 52.0 Å². The van der Waals surface area contributed by atoms with E-state index < -0.39 is 17.8 Å². The lowest BCUT2D eigenvalue weighted by molar-refractivity contribution is -0.146. The Bertz CT molecular complexity index is 2160. The van der Waals surface area contributed by atoms with E-state index in [0.717, 1.165) is 39.5 Å². The summed E-state index contributed by atoms with van der Waals surface area (Å²) in [6.07, 6.45) is 7.96. The van der Waals surface area contributed by atoms with Gasteiger partial charge in [-0.1, -0.05) is 34.4 Å². The van der Waals surface area contributed by atoms with Crippen molar-refractivity contribution in [2.45, 2.75) is 27.7 Å². The number of morpholine rings is 2. The summed E-state index contributed by atoms with van der Waals surface area (Å²) in [4.78, 5) is 78.6. The molecule has 0 spiro atoms. The second-order valence-corrected chi connectivity index (χ2v) is 13.2. The van der Waals surface area contributed by atoms with Crippen LogP contribution in [0.15, 0.2) is 61.2 Å². The zero-order chi connectivity index (χ0) is 42.9. The molecule has 4 heterocycles.